The normalized spacial score (nSPS) is 10.8. The van der Waals surface area contributed by atoms with E-state index in [0.717, 1.165) is 24.6 Å². The van der Waals surface area contributed by atoms with Gasteiger partial charge >= 0.3 is 0 Å². The first-order valence-electron chi connectivity index (χ1n) is 5.91. The van der Waals surface area contributed by atoms with Crippen molar-refractivity contribution in [2.45, 2.75) is 26.2 Å². The molecule has 94 valence electrons. The summed E-state index contributed by atoms with van der Waals surface area (Å²) in [4.78, 5) is 15.3. The molecule has 2 rings (SSSR count). The molecule has 1 aromatic carbocycles. The third-order valence-electron chi connectivity index (χ3n) is 2.84. The first-order valence-corrected chi connectivity index (χ1v) is 6.66. The van der Waals surface area contributed by atoms with E-state index in [4.69, 9.17) is 23.2 Å². The molecule has 0 spiro atoms. The summed E-state index contributed by atoms with van der Waals surface area (Å²) in [6.07, 6.45) is 3.33. The number of halogens is 2. The van der Waals surface area contributed by atoms with Crippen LogP contribution >= 0.6 is 23.2 Å². The fourth-order valence-electron chi connectivity index (χ4n) is 1.87. The fraction of sp³-hybridized carbons (Fsp3) is 0.286. The monoisotopic (exact) mass is 281 g/mol. The average molecular weight is 282 g/mol. The highest BCUT2D eigenvalue weighted by Crippen LogP contribution is 2.25. The van der Waals surface area contributed by atoms with E-state index in [2.05, 4.69) is 11.9 Å². The van der Waals surface area contributed by atoms with Crippen LogP contribution in [0.1, 0.15) is 35.8 Å². The summed E-state index contributed by atoms with van der Waals surface area (Å²) in [6, 6.07) is 7.45. The lowest BCUT2D eigenvalue weighted by molar-refractivity contribution is 0.107. The lowest BCUT2D eigenvalue weighted by Gasteiger charge is -2.05. The van der Waals surface area contributed by atoms with Crippen LogP contribution < -0.4 is 0 Å². The number of benzene rings is 1. The molecule has 0 bridgehead atoms. The van der Waals surface area contributed by atoms with Gasteiger partial charge in [0.15, 0.2) is 0 Å². The van der Waals surface area contributed by atoms with Gasteiger partial charge in [-0.1, -0.05) is 31.0 Å². The molecule has 0 radical (unpaired) electrons. The van der Waals surface area contributed by atoms with E-state index >= 15 is 0 Å². The molecule has 1 heterocycles. The Kier molecular flexibility index (Phi) is 4.20. The lowest BCUT2D eigenvalue weighted by Crippen LogP contribution is -1.95. The van der Waals surface area contributed by atoms with Crippen molar-refractivity contribution in [3.63, 3.8) is 0 Å². The van der Waals surface area contributed by atoms with Crippen LogP contribution in [0.2, 0.25) is 5.02 Å². The van der Waals surface area contributed by atoms with Gasteiger partial charge in [0.05, 0.1) is 10.5 Å². The number of hydrogen-bond donors (Lipinski definition) is 0. The summed E-state index contributed by atoms with van der Waals surface area (Å²) >= 11 is 11.6. The molecule has 0 amide bonds. The molecule has 0 saturated heterocycles. The van der Waals surface area contributed by atoms with Gasteiger partial charge in [0.2, 0.25) is 0 Å². The maximum atomic E-state index is 11.1. The zero-order chi connectivity index (χ0) is 13.1. The molecule has 0 N–H and O–H groups in total. The van der Waals surface area contributed by atoms with Gasteiger partial charge in [-0.05, 0) is 48.2 Å². The summed E-state index contributed by atoms with van der Waals surface area (Å²) in [5.74, 6) is 0. The van der Waals surface area contributed by atoms with Crippen LogP contribution in [0.25, 0.3) is 10.9 Å². The van der Waals surface area contributed by atoms with Crippen LogP contribution in [0.3, 0.4) is 0 Å². The lowest BCUT2D eigenvalue weighted by atomic mass is 10.1. The maximum absolute atomic E-state index is 11.1. The minimum atomic E-state index is -0.589. The van der Waals surface area contributed by atoms with Gasteiger partial charge in [0.25, 0.3) is 5.24 Å². The van der Waals surface area contributed by atoms with E-state index in [0.29, 0.717) is 10.5 Å². The summed E-state index contributed by atoms with van der Waals surface area (Å²) in [6.45, 7) is 2.16. The van der Waals surface area contributed by atoms with Gasteiger partial charge in [0.1, 0.15) is 5.69 Å². The number of aromatic nitrogens is 1. The highest BCUT2D eigenvalue weighted by atomic mass is 35.5. The minimum absolute atomic E-state index is 0.190. The molecule has 18 heavy (non-hydrogen) atoms. The largest absolute Gasteiger partial charge is 0.274 e. The topological polar surface area (TPSA) is 30.0 Å². The van der Waals surface area contributed by atoms with Crippen molar-refractivity contribution in [1.29, 1.82) is 0 Å². The van der Waals surface area contributed by atoms with Crippen LogP contribution in [-0.2, 0) is 6.42 Å². The molecule has 0 fully saturated rings. The molecular weight excluding hydrogens is 269 g/mol. The summed E-state index contributed by atoms with van der Waals surface area (Å²) < 4.78 is 0. The number of nitrogens with zero attached hydrogens (tertiary/aromatic N) is 1. The number of pyridine rings is 1. The average Bonchev–Trinajstić information content (AvgIpc) is 2.36. The molecule has 0 atom stereocenters. The van der Waals surface area contributed by atoms with Gasteiger partial charge in [-0.2, -0.15) is 0 Å². The van der Waals surface area contributed by atoms with Gasteiger partial charge < -0.3 is 0 Å². The third kappa shape index (κ3) is 2.82. The Morgan fingerprint density at radius 3 is 2.78 bits per heavy atom. The minimum Gasteiger partial charge on any atom is -0.274 e. The number of unbranched alkanes of at least 4 members (excludes halogenated alkanes) is 1. The first kappa shape index (κ1) is 13.3. The molecule has 1 aromatic heterocycles. The van der Waals surface area contributed by atoms with Crippen molar-refractivity contribution in [2.75, 3.05) is 0 Å². The fourth-order valence-corrected chi connectivity index (χ4v) is 2.22. The Labute approximate surface area is 116 Å². The Hall–Kier alpha value is -1.12. The smallest absolute Gasteiger partial charge is 0.270 e. The third-order valence-corrected chi connectivity index (χ3v) is 3.35. The standard InChI is InChI=1S/C14H13Cl2NO/c1-2-3-4-9-5-6-12-10(7-9)11(15)8-13(17-12)14(16)18/h5-8H,2-4H2,1H3. The molecule has 0 unspecified atom stereocenters. The van der Waals surface area contributed by atoms with Crippen molar-refractivity contribution in [1.82, 2.24) is 4.98 Å². The van der Waals surface area contributed by atoms with Crippen LogP contribution in [-0.4, -0.2) is 10.2 Å². The van der Waals surface area contributed by atoms with Crippen LogP contribution in [0, 0.1) is 0 Å². The quantitative estimate of drug-likeness (QED) is 0.766. The second-order valence-electron chi connectivity index (χ2n) is 4.22. The van der Waals surface area contributed by atoms with E-state index in [-0.39, 0.29) is 5.69 Å². The van der Waals surface area contributed by atoms with Crippen molar-refractivity contribution in [2.24, 2.45) is 0 Å². The Morgan fingerprint density at radius 1 is 1.33 bits per heavy atom. The molecule has 0 saturated carbocycles. The van der Waals surface area contributed by atoms with Crippen LogP contribution in [0.5, 0.6) is 0 Å². The van der Waals surface area contributed by atoms with Crippen molar-refractivity contribution in [3.8, 4) is 0 Å². The van der Waals surface area contributed by atoms with Gasteiger partial charge in [-0.15, -0.1) is 0 Å². The molecule has 0 aliphatic rings. The number of rotatable bonds is 4. The van der Waals surface area contributed by atoms with Crippen LogP contribution in [0.4, 0.5) is 0 Å². The van der Waals surface area contributed by atoms with E-state index in [1.807, 2.05) is 18.2 Å². The molecule has 0 aliphatic heterocycles. The predicted molar refractivity (Wildman–Crippen MR) is 75.5 cm³/mol. The zero-order valence-electron chi connectivity index (χ0n) is 10.0. The zero-order valence-corrected chi connectivity index (χ0v) is 11.6. The second-order valence-corrected chi connectivity index (χ2v) is 4.97. The van der Waals surface area contributed by atoms with Gasteiger partial charge in [0, 0.05) is 5.39 Å². The number of aryl methyl sites for hydroxylation is 1. The first-order chi connectivity index (χ1) is 8.61. The summed E-state index contributed by atoms with van der Waals surface area (Å²) in [5, 5.41) is 0.795. The summed E-state index contributed by atoms with van der Waals surface area (Å²) in [7, 11) is 0. The number of carbonyl (C=O) groups excluding carboxylic acids is 1. The Bertz CT molecular complexity index is 596. The number of fused-ring (bicyclic) bond motifs is 1. The van der Waals surface area contributed by atoms with Gasteiger partial charge in [-0.25, -0.2) is 4.98 Å². The van der Waals surface area contributed by atoms with E-state index in [9.17, 15) is 4.79 Å². The van der Waals surface area contributed by atoms with E-state index in [1.165, 1.54) is 11.6 Å². The SMILES string of the molecule is CCCCc1ccc2nc(C(=O)Cl)cc(Cl)c2c1. The number of carbonyl (C=O) groups is 1. The molecule has 2 aromatic rings. The van der Waals surface area contributed by atoms with Crippen molar-refractivity contribution in [3.05, 3.63) is 40.5 Å². The number of hydrogen-bond acceptors (Lipinski definition) is 2. The highest BCUT2D eigenvalue weighted by Gasteiger charge is 2.09. The van der Waals surface area contributed by atoms with Gasteiger partial charge in [-0.3, -0.25) is 4.79 Å². The maximum Gasteiger partial charge on any atom is 0.270 e. The van der Waals surface area contributed by atoms with E-state index in [1.54, 1.807) is 0 Å². The molecule has 4 heteroatoms. The molecule has 0 aliphatic carbocycles. The highest BCUT2D eigenvalue weighted by molar-refractivity contribution is 6.67. The second kappa shape index (κ2) is 5.68. The molecular formula is C14H13Cl2NO. The Balaban J connectivity index is 2.47. The summed E-state index contributed by atoms with van der Waals surface area (Å²) in [5.41, 5.74) is 2.13. The van der Waals surface area contributed by atoms with Crippen molar-refractivity contribution < 1.29 is 4.79 Å². The van der Waals surface area contributed by atoms with E-state index < -0.39 is 5.24 Å². The predicted octanol–water partition coefficient (Wildman–Crippen LogP) is 4.61. The van der Waals surface area contributed by atoms with Crippen molar-refractivity contribution >= 4 is 39.3 Å². The molecule has 2 nitrogen and oxygen atoms in total. The Morgan fingerprint density at radius 2 is 2.11 bits per heavy atom. The van der Waals surface area contributed by atoms with Crippen LogP contribution in [0.15, 0.2) is 24.3 Å².